The van der Waals surface area contributed by atoms with E-state index in [1.807, 2.05) is 19.1 Å². The van der Waals surface area contributed by atoms with Gasteiger partial charge in [0.05, 0.1) is 19.8 Å². The van der Waals surface area contributed by atoms with Gasteiger partial charge in [-0.15, -0.1) is 0 Å². The Morgan fingerprint density at radius 3 is 2.44 bits per heavy atom. The molecule has 2 N–H and O–H groups in total. The molecule has 100 valence electrons. The lowest BCUT2D eigenvalue weighted by molar-refractivity contribution is -0.0441. The minimum Gasteiger partial charge on any atom is -0.494 e. The van der Waals surface area contributed by atoms with E-state index >= 15 is 0 Å². The molecule has 0 amide bonds. The van der Waals surface area contributed by atoms with Gasteiger partial charge in [0.25, 0.3) is 0 Å². The van der Waals surface area contributed by atoms with Gasteiger partial charge in [0.1, 0.15) is 5.75 Å². The van der Waals surface area contributed by atoms with Crippen molar-refractivity contribution in [2.24, 2.45) is 11.7 Å². The van der Waals surface area contributed by atoms with Gasteiger partial charge in [-0.25, -0.2) is 0 Å². The van der Waals surface area contributed by atoms with Gasteiger partial charge in [-0.3, -0.25) is 0 Å². The highest BCUT2D eigenvalue weighted by atomic mass is 16.5. The van der Waals surface area contributed by atoms with Gasteiger partial charge < -0.3 is 15.2 Å². The van der Waals surface area contributed by atoms with Crippen LogP contribution in [0.15, 0.2) is 24.3 Å². The molecule has 1 aliphatic heterocycles. The lowest BCUT2D eigenvalue weighted by Gasteiger charge is -2.36. The maximum atomic E-state index is 5.99. The summed E-state index contributed by atoms with van der Waals surface area (Å²) in [6.45, 7) is 7.36. The minimum absolute atomic E-state index is 0.0409. The largest absolute Gasteiger partial charge is 0.494 e. The van der Waals surface area contributed by atoms with E-state index < -0.39 is 0 Å². The van der Waals surface area contributed by atoms with Gasteiger partial charge in [-0.2, -0.15) is 0 Å². The van der Waals surface area contributed by atoms with E-state index in [1.54, 1.807) is 0 Å². The van der Waals surface area contributed by atoms with Crippen LogP contribution in [0, 0.1) is 5.92 Å². The third-order valence-electron chi connectivity index (χ3n) is 3.76. The summed E-state index contributed by atoms with van der Waals surface area (Å²) in [5.41, 5.74) is 7.32. The molecule has 1 unspecified atom stereocenters. The van der Waals surface area contributed by atoms with Crippen LogP contribution in [0.25, 0.3) is 0 Å². The Morgan fingerprint density at radius 2 is 2.00 bits per heavy atom. The van der Waals surface area contributed by atoms with Gasteiger partial charge >= 0.3 is 0 Å². The Kier molecular flexibility index (Phi) is 4.25. The molecular weight excluding hydrogens is 226 g/mol. The zero-order valence-electron chi connectivity index (χ0n) is 11.3. The van der Waals surface area contributed by atoms with E-state index in [4.69, 9.17) is 15.2 Å². The molecule has 1 aromatic rings. The molecular formula is C15H23NO2. The first-order chi connectivity index (χ1) is 8.68. The van der Waals surface area contributed by atoms with Crippen LogP contribution in [0.1, 0.15) is 25.8 Å². The Bertz CT molecular complexity index is 373. The SMILES string of the molecule is CCOc1ccc(C(C)(CN)CC2COC2)cc1. The molecule has 1 fully saturated rings. The zero-order valence-corrected chi connectivity index (χ0v) is 11.3. The van der Waals surface area contributed by atoms with Crippen molar-refractivity contribution in [1.29, 1.82) is 0 Å². The number of hydrogen-bond donors (Lipinski definition) is 1. The number of ether oxygens (including phenoxy) is 2. The monoisotopic (exact) mass is 249 g/mol. The first kappa shape index (κ1) is 13.4. The van der Waals surface area contributed by atoms with Crippen molar-refractivity contribution in [3.05, 3.63) is 29.8 Å². The van der Waals surface area contributed by atoms with Crippen molar-refractivity contribution in [2.75, 3.05) is 26.4 Å². The van der Waals surface area contributed by atoms with Crippen LogP contribution in [0.3, 0.4) is 0 Å². The second kappa shape index (κ2) is 5.72. The topological polar surface area (TPSA) is 44.5 Å². The predicted molar refractivity (Wildman–Crippen MR) is 72.9 cm³/mol. The molecule has 1 aromatic carbocycles. The maximum Gasteiger partial charge on any atom is 0.119 e. The minimum atomic E-state index is 0.0409. The maximum absolute atomic E-state index is 5.99. The fourth-order valence-corrected chi connectivity index (χ4v) is 2.48. The second-order valence-electron chi connectivity index (χ2n) is 5.33. The Labute approximate surface area is 109 Å². The fourth-order valence-electron chi connectivity index (χ4n) is 2.48. The van der Waals surface area contributed by atoms with Crippen LogP contribution < -0.4 is 10.5 Å². The number of hydrogen-bond acceptors (Lipinski definition) is 3. The first-order valence-electron chi connectivity index (χ1n) is 6.69. The van der Waals surface area contributed by atoms with Crippen LogP contribution in [0.5, 0.6) is 5.75 Å². The van der Waals surface area contributed by atoms with Crippen LogP contribution >= 0.6 is 0 Å². The Balaban J connectivity index is 2.09. The summed E-state index contributed by atoms with van der Waals surface area (Å²) in [7, 11) is 0. The van der Waals surface area contributed by atoms with Gasteiger partial charge in [0.2, 0.25) is 0 Å². The normalized spacial score (nSPS) is 19.1. The van der Waals surface area contributed by atoms with E-state index in [-0.39, 0.29) is 5.41 Å². The summed E-state index contributed by atoms with van der Waals surface area (Å²) >= 11 is 0. The third kappa shape index (κ3) is 2.85. The van der Waals surface area contributed by atoms with E-state index in [0.717, 1.165) is 25.4 Å². The molecule has 0 aliphatic carbocycles. The van der Waals surface area contributed by atoms with Crippen molar-refractivity contribution in [2.45, 2.75) is 25.7 Å². The number of nitrogens with two attached hydrogens (primary N) is 1. The lowest BCUT2D eigenvalue weighted by atomic mass is 9.75. The predicted octanol–water partition coefficient (Wildman–Crippen LogP) is 2.34. The van der Waals surface area contributed by atoms with Crippen LogP contribution in [-0.2, 0) is 10.2 Å². The highest BCUT2D eigenvalue weighted by Crippen LogP contribution is 2.33. The van der Waals surface area contributed by atoms with Crippen LogP contribution in [-0.4, -0.2) is 26.4 Å². The standard InChI is InChI=1S/C15H23NO2/c1-3-18-14-6-4-13(5-7-14)15(2,11-16)8-12-9-17-10-12/h4-7,12H,3,8-11,16H2,1-2H3. The number of benzene rings is 1. The average molecular weight is 249 g/mol. The zero-order chi connectivity index (χ0) is 13.0. The molecule has 0 bridgehead atoms. The summed E-state index contributed by atoms with van der Waals surface area (Å²) in [5, 5.41) is 0. The van der Waals surface area contributed by atoms with Gasteiger partial charge in [-0.05, 0) is 31.0 Å². The summed E-state index contributed by atoms with van der Waals surface area (Å²) in [4.78, 5) is 0. The highest BCUT2D eigenvalue weighted by molar-refractivity contribution is 5.32. The van der Waals surface area contributed by atoms with Crippen molar-refractivity contribution < 1.29 is 9.47 Å². The third-order valence-corrected chi connectivity index (χ3v) is 3.76. The molecule has 18 heavy (non-hydrogen) atoms. The van der Waals surface area contributed by atoms with Crippen molar-refractivity contribution in [3.8, 4) is 5.75 Å². The van der Waals surface area contributed by atoms with Gasteiger partial charge in [0.15, 0.2) is 0 Å². The van der Waals surface area contributed by atoms with Gasteiger partial charge in [0, 0.05) is 17.9 Å². The Morgan fingerprint density at radius 1 is 1.33 bits per heavy atom. The van der Waals surface area contributed by atoms with Crippen LogP contribution in [0.4, 0.5) is 0 Å². The molecule has 0 saturated carbocycles. The average Bonchev–Trinajstić information content (AvgIpc) is 2.35. The smallest absolute Gasteiger partial charge is 0.119 e. The van der Waals surface area contributed by atoms with Crippen molar-refractivity contribution in [3.63, 3.8) is 0 Å². The summed E-state index contributed by atoms with van der Waals surface area (Å²) in [6, 6.07) is 8.34. The second-order valence-corrected chi connectivity index (χ2v) is 5.33. The molecule has 3 nitrogen and oxygen atoms in total. The van der Waals surface area contributed by atoms with E-state index in [1.165, 1.54) is 5.56 Å². The Hall–Kier alpha value is -1.06. The molecule has 2 rings (SSSR count). The van der Waals surface area contributed by atoms with Gasteiger partial charge in [-0.1, -0.05) is 19.1 Å². The molecule has 1 aliphatic rings. The molecule has 0 radical (unpaired) electrons. The number of rotatable bonds is 6. The molecule has 1 saturated heterocycles. The van der Waals surface area contributed by atoms with E-state index in [9.17, 15) is 0 Å². The lowest BCUT2D eigenvalue weighted by Crippen LogP contribution is -2.39. The molecule has 0 spiro atoms. The molecule has 3 heteroatoms. The highest BCUT2D eigenvalue weighted by Gasteiger charge is 2.32. The summed E-state index contributed by atoms with van der Waals surface area (Å²) in [5.74, 6) is 1.58. The summed E-state index contributed by atoms with van der Waals surface area (Å²) in [6.07, 6.45) is 1.09. The fraction of sp³-hybridized carbons (Fsp3) is 0.600. The van der Waals surface area contributed by atoms with E-state index in [0.29, 0.717) is 19.1 Å². The first-order valence-corrected chi connectivity index (χ1v) is 6.69. The molecule has 1 heterocycles. The van der Waals surface area contributed by atoms with Crippen LogP contribution in [0.2, 0.25) is 0 Å². The van der Waals surface area contributed by atoms with Crippen molar-refractivity contribution >= 4 is 0 Å². The summed E-state index contributed by atoms with van der Waals surface area (Å²) < 4.78 is 10.7. The van der Waals surface area contributed by atoms with E-state index in [2.05, 4.69) is 19.1 Å². The molecule has 0 aromatic heterocycles. The molecule has 1 atom stereocenters. The van der Waals surface area contributed by atoms with Crippen molar-refractivity contribution in [1.82, 2.24) is 0 Å². The quantitative estimate of drug-likeness (QED) is 0.841.